The number of benzene rings is 1. The van der Waals surface area contributed by atoms with Crippen molar-refractivity contribution in [3.8, 4) is 0 Å². The molecule has 0 radical (unpaired) electrons. The first-order valence-electron chi connectivity index (χ1n) is 3.80. The summed E-state index contributed by atoms with van der Waals surface area (Å²) in [6.07, 6.45) is 1.45. The molecule has 0 atom stereocenters. The lowest BCUT2D eigenvalue weighted by atomic mass is 10.3. The topological polar surface area (TPSA) is 52.7 Å². The van der Waals surface area contributed by atoms with E-state index in [1.807, 2.05) is 6.07 Å². The maximum absolute atomic E-state index is 11.3. The van der Waals surface area contributed by atoms with Gasteiger partial charge in [-0.2, -0.15) is 0 Å². The molecule has 4 heteroatoms. The summed E-state index contributed by atoms with van der Waals surface area (Å²) in [4.78, 5) is 4.66. The average Bonchev–Trinajstić information content (AvgIpc) is 2.18. The second-order valence-electron chi connectivity index (χ2n) is 2.54. The molecule has 0 aliphatic rings. The van der Waals surface area contributed by atoms with Crippen LogP contribution < -0.4 is 4.85 Å². The van der Waals surface area contributed by atoms with Crippen LogP contribution in [0.1, 0.15) is 5.82 Å². The van der Waals surface area contributed by atoms with Crippen LogP contribution >= 0.6 is 0 Å². The number of hydrogen-bond donors (Lipinski definition) is 0. The van der Waals surface area contributed by atoms with Crippen LogP contribution in [0.15, 0.2) is 30.8 Å². The van der Waals surface area contributed by atoms with Gasteiger partial charge in [0.1, 0.15) is 5.52 Å². The molecule has 0 bridgehead atoms. The molecule has 1 aromatic heterocycles. The van der Waals surface area contributed by atoms with Gasteiger partial charge < -0.3 is 5.21 Å². The van der Waals surface area contributed by atoms with Gasteiger partial charge in [0.25, 0.3) is 5.52 Å². The van der Waals surface area contributed by atoms with Gasteiger partial charge in [0.2, 0.25) is 5.82 Å². The largest absolute Gasteiger partial charge is 0.594 e. The zero-order valence-corrected chi connectivity index (χ0v) is 6.84. The predicted octanol–water partition coefficient (Wildman–Crippen LogP) is 0.906. The Kier molecular flexibility index (Phi) is 1.66. The van der Waals surface area contributed by atoms with Crippen molar-refractivity contribution in [1.82, 2.24) is 10.1 Å². The SMILES string of the molecule is C=Cc1nc2ccccc2[n+]([O-])n1. The lowest BCUT2D eigenvalue weighted by Gasteiger charge is -1.98. The summed E-state index contributed by atoms with van der Waals surface area (Å²) in [6, 6.07) is 7.03. The van der Waals surface area contributed by atoms with Crippen LogP contribution in [0.4, 0.5) is 0 Å². The molecule has 0 saturated heterocycles. The van der Waals surface area contributed by atoms with Crippen LogP contribution in [0.2, 0.25) is 0 Å². The lowest BCUT2D eigenvalue weighted by Crippen LogP contribution is -2.33. The molecule has 0 aliphatic carbocycles. The van der Waals surface area contributed by atoms with E-state index in [2.05, 4.69) is 16.7 Å². The highest BCUT2D eigenvalue weighted by molar-refractivity contribution is 5.70. The van der Waals surface area contributed by atoms with Crippen molar-refractivity contribution < 1.29 is 4.85 Å². The first-order chi connectivity index (χ1) is 6.31. The van der Waals surface area contributed by atoms with Gasteiger partial charge in [-0.1, -0.05) is 18.7 Å². The molecule has 4 nitrogen and oxygen atoms in total. The van der Waals surface area contributed by atoms with E-state index in [4.69, 9.17) is 0 Å². The van der Waals surface area contributed by atoms with Gasteiger partial charge in [-0.15, -0.1) is 0 Å². The van der Waals surface area contributed by atoms with Crippen LogP contribution in [0.25, 0.3) is 17.1 Å². The Labute approximate surface area is 74.7 Å². The predicted molar refractivity (Wildman–Crippen MR) is 48.6 cm³/mol. The van der Waals surface area contributed by atoms with Crippen LogP contribution in [-0.4, -0.2) is 10.1 Å². The van der Waals surface area contributed by atoms with E-state index in [-0.39, 0.29) is 0 Å². The van der Waals surface area contributed by atoms with Crippen LogP contribution in [0.3, 0.4) is 0 Å². The lowest BCUT2D eigenvalue weighted by molar-refractivity contribution is -0.643. The first-order valence-corrected chi connectivity index (χ1v) is 3.80. The number of rotatable bonds is 1. The van der Waals surface area contributed by atoms with E-state index in [9.17, 15) is 5.21 Å². The Morgan fingerprint density at radius 1 is 1.38 bits per heavy atom. The molecule has 2 rings (SSSR count). The summed E-state index contributed by atoms with van der Waals surface area (Å²) in [5.74, 6) is 0.341. The third-order valence-corrected chi connectivity index (χ3v) is 1.70. The van der Waals surface area contributed by atoms with E-state index in [0.29, 0.717) is 21.7 Å². The minimum atomic E-state index is 0.341. The van der Waals surface area contributed by atoms with Crippen LogP contribution in [-0.2, 0) is 0 Å². The quantitative estimate of drug-likeness (QED) is 0.475. The van der Waals surface area contributed by atoms with Gasteiger partial charge >= 0.3 is 0 Å². The smallest absolute Gasteiger partial charge is 0.270 e. The maximum atomic E-state index is 11.3. The third kappa shape index (κ3) is 1.22. The summed E-state index contributed by atoms with van der Waals surface area (Å²) >= 11 is 0. The van der Waals surface area contributed by atoms with Gasteiger partial charge in [-0.05, 0) is 17.0 Å². The number of fused-ring (bicyclic) bond motifs is 1. The Hall–Kier alpha value is -1.97. The summed E-state index contributed by atoms with van der Waals surface area (Å²) in [6.45, 7) is 3.50. The van der Waals surface area contributed by atoms with Gasteiger partial charge in [-0.3, -0.25) is 0 Å². The zero-order chi connectivity index (χ0) is 9.26. The van der Waals surface area contributed by atoms with E-state index in [1.165, 1.54) is 6.08 Å². The van der Waals surface area contributed by atoms with Crippen molar-refractivity contribution >= 4 is 17.1 Å². The van der Waals surface area contributed by atoms with Crippen molar-refractivity contribution in [3.63, 3.8) is 0 Å². The van der Waals surface area contributed by atoms with Crippen molar-refractivity contribution in [3.05, 3.63) is 41.9 Å². The summed E-state index contributed by atoms with van der Waals surface area (Å²) in [5.41, 5.74) is 1.09. The summed E-state index contributed by atoms with van der Waals surface area (Å²) in [5, 5.41) is 14.9. The second-order valence-corrected chi connectivity index (χ2v) is 2.54. The molecule has 0 spiro atoms. The summed E-state index contributed by atoms with van der Waals surface area (Å²) < 4.78 is 0. The highest BCUT2D eigenvalue weighted by Gasteiger charge is 2.06. The number of nitrogens with zero attached hydrogens (tertiary/aromatic N) is 3. The zero-order valence-electron chi connectivity index (χ0n) is 6.84. The standard InChI is InChI=1S/C9H7N3O/c1-2-9-10-7-5-3-4-6-8(7)12(13)11-9/h2-6H,1H2. The molecule has 1 aromatic carbocycles. The van der Waals surface area contributed by atoms with Gasteiger partial charge in [0.05, 0.1) is 0 Å². The maximum Gasteiger partial charge on any atom is 0.270 e. The Bertz CT molecular complexity index is 467. The number of hydrogen-bond acceptors (Lipinski definition) is 3. The highest BCUT2D eigenvalue weighted by atomic mass is 16.5. The highest BCUT2D eigenvalue weighted by Crippen LogP contribution is 2.05. The first kappa shape index (κ1) is 7.67. The molecule has 2 aromatic rings. The van der Waals surface area contributed by atoms with Crippen molar-refractivity contribution in [2.45, 2.75) is 0 Å². The average molecular weight is 173 g/mol. The van der Waals surface area contributed by atoms with E-state index >= 15 is 0 Å². The Morgan fingerprint density at radius 3 is 2.92 bits per heavy atom. The normalized spacial score (nSPS) is 10.2. The van der Waals surface area contributed by atoms with E-state index < -0.39 is 0 Å². The molecular formula is C9H7N3O. The summed E-state index contributed by atoms with van der Waals surface area (Å²) in [7, 11) is 0. The Balaban J connectivity index is 2.84. The molecular weight excluding hydrogens is 166 g/mol. The van der Waals surface area contributed by atoms with Gasteiger partial charge in [-0.25, -0.2) is 4.98 Å². The fourth-order valence-electron chi connectivity index (χ4n) is 1.10. The molecule has 64 valence electrons. The minimum absolute atomic E-state index is 0.341. The van der Waals surface area contributed by atoms with Crippen LogP contribution in [0.5, 0.6) is 0 Å². The molecule has 0 aliphatic heterocycles. The molecule has 0 saturated carbocycles. The fourth-order valence-corrected chi connectivity index (χ4v) is 1.10. The minimum Gasteiger partial charge on any atom is -0.594 e. The number of para-hydroxylation sites is 2. The van der Waals surface area contributed by atoms with Gasteiger partial charge in [0, 0.05) is 11.2 Å². The number of aromatic nitrogens is 3. The third-order valence-electron chi connectivity index (χ3n) is 1.70. The Morgan fingerprint density at radius 2 is 2.15 bits per heavy atom. The molecule has 0 N–H and O–H groups in total. The van der Waals surface area contributed by atoms with Crippen molar-refractivity contribution in [2.75, 3.05) is 0 Å². The van der Waals surface area contributed by atoms with Crippen molar-refractivity contribution in [1.29, 1.82) is 0 Å². The molecule has 0 fully saturated rings. The fraction of sp³-hybridized carbons (Fsp3) is 0. The monoisotopic (exact) mass is 173 g/mol. The molecule has 0 amide bonds. The second kappa shape index (κ2) is 2.82. The van der Waals surface area contributed by atoms with Crippen molar-refractivity contribution in [2.24, 2.45) is 0 Å². The van der Waals surface area contributed by atoms with E-state index in [1.54, 1.807) is 18.2 Å². The van der Waals surface area contributed by atoms with E-state index in [0.717, 1.165) is 0 Å². The molecule has 0 unspecified atom stereocenters. The molecule has 13 heavy (non-hydrogen) atoms. The van der Waals surface area contributed by atoms with Gasteiger partial charge in [0.15, 0.2) is 0 Å². The van der Waals surface area contributed by atoms with Crippen LogP contribution in [0, 0.1) is 5.21 Å². The molecule has 1 heterocycles.